The lowest BCUT2D eigenvalue weighted by atomic mass is 10.0. The Morgan fingerprint density at radius 3 is 1.71 bits per heavy atom. The van der Waals surface area contributed by atoms with Gasteiger partial charge < -0.3 is 4.57 Å². The topological polar surface area (TPSA) is 43.6 Å². The second-order valence-electron chi connectivity index (χ2n) is 13.2. The van der Waals surface area contributed by atoms with Crippen LogP contribution in [0.25, 0.3) is 103 Å². The van der Waals surface area contributed by atoms with Crippen molar-refractivity contribution in [3.63, 3.8) is 0 Å². The summed E-state index contributed by atoms with van der Waals surface area (Å²) < 4.78 is 4.94. The maximum atomic E-state index is 5.00. The maximum absolute atomic E-state index is 5.00. The van der Waals surface area contributed by atoms with Crippen molar-refractivity contribution in [1.29, 1.82) is 0 Å². The lowest BCUT2D eigenvalue weighted by Gasteiger charge is -2.10. The van der Waals surface area contributed by atoms with E-state index in [0.717, 1.165) is 22.4 Å². The molecule has 4 nitrogen and oxygen atoms in total. The van der Waals surface area contributed by atoms with E-state index in [0.29, 0.717) is 17.5 Å². The van der Waals surface area contributed by atoms with Crippen molar-refractivity contribution in [2.75, 3.05) is 0 Å². The standard InChI is InChI=1S/C47H28N4S/c1-3-13-31(14-4-1)45-48-46(32-15-5-2-6-16-32)50-47(49-45)33-21-26-41-39(27-33)37-24-22-34(28-42(37)52-41)51-40-25-20-29-11-7-9-17-35(29)43(40)38-23-19-30-12-8-10-18-36(30)44(38)51/h1-28H. The SMILES string of the molecule is c1ccc(-c2nc(-c3ccccc3)nc(-c3ccc4sc5cc(-n6c7ccc8ccccc8c7c7ccc8ccccc8c76)ccc5c4c3)n2)cc1. The van der Waals surface area contributed by atoms with E-state index < -0.39 is 0 Å². The minimum Gasteiger partial charge on any atom is -0.309 e. The van der Waals surface area contributed by atoms with E-state index in [1.807, 2.05) is 72.0 Å². The molecule has 5 heteroatoms. The maximum Gasteiger partial charge on any atom is 0.164 e. The van der Waals surface area contributed by atoms with Crippen LogP contribution < -0.4 is 0 Å². The quantitative estimate of drug-likeness (QED) is 0.186. The van der Waals surface area contributed by atoms with Gasteiger partial charge in [0, 0.05) is 58.7 Å². The average Bonchev–Trinajstić information content (AvgIpc) is 3.76. The fraction of sp³-hybridized carbons (Fsp3) is 0. The van der Waals surface area contributed by atoms with Crippen LogP contribution in [0.3, 0.4) is 0 Å². The molecular formula is C47H28N4S. The van der Waals surface area contributed by atoms with E-state index in [4.69, 9.17) is 15.0 Å². The fourth-order valence-electron chi connectivity index (χ4n) is 7.80. The molecule has 3 aromatic heterocycles. The summed E-state index contributed by atoms with van der Waals surface area (Å²) >= 11 is 1.83. The van der Waals surface area contributed by atoms with Crippen molar-refractivity contribution in [3.05, 3.63) is 170 Å². The number of thiophene rings is 1. The zero-order valence-electron chi connectivity index (χ0n) is 27.9. The molecule has 242 valence electrons. The minimum atomic E-state index is 0.662. The first-order valence-corrected chi connectivity index (χ1v) is 18.3. The molecule has 8 aromatic carbocycles. The van der Waals surface area contributed by atoms with Gasteiger partial charge in [-0.05, 0) is 52.6 Å². The van der Waals surface area contributed by atoms with Crippen LogP contribution in [0.1, 0.15) is 0 Å². The molecule has 0 aliphatic carbocycles. The summed E-state index contributed by atoms with van der Waals surface area (Å²) in [5, 5.41) is 10.0. The Morgan fingerprint density at radius 2 is 0.981 bits per heavy atom. The van der Waals surface area contributed by atoms with Gasteiger partial charge in [0.25, 0.3) is 0 Å². The molecule has 0 bridgehead atoms. The van der Waals surface area contributed by atoms with Crippen molar-refractivity contribution in [2.45, 2.75) is 0 Å². The summed E-state index contributed by atoms with van der Waals surface area (Å²) in [5.41, 5.74) is 6.50. The first-order chi connectivity index (χ1) is 25.8. The van der Waals surface area contributed by atoms with Gasteiger partial charge in [0.15, 0.2) is 17.5 Å². The van der Waals surface area contributed by atoms with E-state index in [2.05, 4.69) is 114 Å². The summed E-state index contributed by atoms with van der Waals surface area (Å²) in [6, 6.07) is 60.3. The minimum absolute atomic E-state index is 0.662. The van der Waals surface area contributed by atoms with Gasteiger partial charge in [-0.2, -0.15) is 0 Å². The van der Waals surface area contributed by atoms with Crippen LogP contribution >= 0.6 is 11.3 Å². The number of nitrogens with zero attached hydrogens (tertiary/aromatic N) is 4. The number of fused-ring (bicyclic) bond motifs is 10. The van der Waals surface area contributed by atoms with Gasteiger partial charge in [-0.1, -0.05) is 133 Å². The number of benzene rings is 8. The van der Waals surface area contributed by atoms with Crippen molar-refractivity contribution in [3.8, 4) is 39.9 Å². The van der Waals surface area contributed by atoms with Crippen LogP contribution in [0.2, 0.25) is 0 Å². The van der Waals surface area contributed by atoms with Crippen LogP contribution in [0.4, 0.5) is 0 Å². The van der Waals surface area contributed by atoms with Gasteiger partial charge in [-0.25, -0.2) is 15.0 Å². The fourth-order valence-corrected chi connectivity index (χ4v) is 8.92. The third kappa shape index (κ3) is 4.50. The molecule has 3 heterocycles. The van der Waals surface area contributed by atoms with Crippen molar-refractivity contribution in [2.24, 2.45) is 0 Å². The van der Waals surface area contributed by atoms with Crippen LogP contribution in [-0.4, -0.2) is 19.5 Å². The van der Waals surface area contributed by atoms with Crippen LogP contribution in [-0.2, 0) is 0 Å². The summed E-state index contributed by atoms with van der Waals surface area (Å²) in [4.78, 5) is 14.9. The number of hydrogen-bond donors (Lipinski definition) is 0. The number of rotatable bonds is 4. The van der Waals surface area contributed by atoms with Crippen LogP contribution in [0, 0.1) is 0 Å². The summed E-state index contributed by atoms with van der Waals surface area (Å²) in [6.07, 6.45) is 0. The first-order valence-electron chi connectivity index (χ1n) is 17.4. The molecule has 0 saturated heterocycles. The molecule has 52 heavy (non-hydrogen) atoms. The molecule has 11 aromatic rings. The summed E-state index contributed by atoms with van der Waals surface area (Å²) in [7, 11) is 0. The highest BCUT2D eigenvalue weighted by Crippen LogP contribution is 2.42. The van der Waals surface area contributed by atoms with Gasteiger partial charge in [0.1, 0.15) is 0 Å². The van der Waals surface area contributed by atoms with Gasteiger partial charge >= 0.3 is 0 Å². The van der Waals surface area contributed by atoms with Crippen molar-refractivity contribution in [1.82, 2.24) is 19.5 Å². The van der Waals surface area contributed by atoms with Crippen molar-refractivity contribution >= 4 is 74.9 Å². The second-order valence-corrected chi connectivity index (χ2v) is 14.3. The van der Waals surface area contributed by atoms with E-state index >= 15 is 0 Å². The zero-order chi connectivity index (χ0) is 34.2. The predicted molar refractivity (Wildman–Crippen MR) is 218 cm³/mol. The first kappa shape index (κ1) is 29.1. The molecule has 0 saturated carbocycles. The molecular weight excluding hydrogens is 653 g/mol. The van der Waals surface area contributed by atoms with E-state index in [1.54, 1.807) is 0 Å². The Labute approximate surface area is 302 Å². The molecule has 0 aliphatic heterocycles. The third-order valence-electron chi connectivity index (χ3n) is 10.2. The number of hydrogen-bond acceptors (Lipinski definition) is 4. The van der Waals surface area contributed by atoms with Gasteiger partial charge in [-0.15, -0.1) is 11.3 Å². The lowest BCUT2D eigenvalue weighted by Crippen LogP contribution is -2.00. The lowest BCUT2D eigenvalue weighted by molar-refractivity contribution is 1.07. The van der Waals surface area contributed by atoms with Gasteiger partial charge in [-0.3, -0.25) is 0 Å². The smallest absolute Gasteiger partial charge is 0.164 e. The molecule has 0 radical (unpaired) electrons. The van der Waals surface area contributed by atoms with Crippen molar-refractivity contribution < 1.29 is 0 Å². The third-order valence-corrected chi connectivity index (χ3v) is 11.3. The summed E-state index contributed by atoms with van der Waals surface area (Å²) in [6.45, 7) is 0. The summed E-state index contributed by atoms with van der Waals surface area (Å²) in [5.74, 6) is 1.99. The highest BCUT2D eigenvalue weighted by molar-refractivity contribution is 7.25. The molecule has 11 rings (SSSR count). The normalized spacial score (nSPS) is 11.8. The zero-order valence-corrected chi connectivity index (χ0v) is 28.7. The molecule has 0 N–H and O–H groups in total. The Kier molecular flexibility index (Phi) is 6.39. The van der Waals surface area contributed by atoms with Gasteiger partial charge in [0.05, 0.1) is 11.0 Å². The molecule has 0 amide bonds. The van der Waals surface area contributed by atoms with Gasteiger partial charge in [0.2, 0.25) is 0 Å². The predicted octanol–water partition coefficient (Wildman–Crippen LogP) is 12.6. The molecule has 0 unspecified atom stereocenters. The largest absolute Gasteiger partial charge is 0.309 e. The van der Waals surface area contributed by atoms with E-state index in [1.165, 1.54) is 63.5 Å². The molecule has 0 aliphatic rings. The van der Waals surface area contributed by atoms with Crippen LogP contribution in [0.5, 0.6) is 0 Å². The average molecular weight is 681 g/mol. The Balaban J connectivity index is 1.11. The number of aromatic nitrogens is 4. The van der Waals surface area contributed by atoms with Crippen LogP contribution in [0.15, 0.2) is 170 Å². The highest BCUT2D eigenvalue weighted by atomic mass is 32.1. The Hall–Kier alpha value is -6.69. The second kappa shape index (κ2) is 11.4. The molecule has 0 fully saturated rings. The molecule has 0 spiro atoms. The molecule has 0 atom stereocenters. The monoisotopic (exact) mass is 680 g/mol. The Morgan fingerprint density at radius 1 is 0.385 bits per heavy atom. The highest BCUT2D eigenvalue weighted by Gasteiger charge is 2.19. The Bertz CT molecular complexity index is 3120. The van der Waals surface area contributed by atoms with E-state index in [9.17, 15) is 0 Å². The van der Waals surface area contributed by atoms with E-state index in [-0.39, 0.29) is 0 Å².